The minimum atomic E-state index is -0.588. The fourth-order valence-corrected chi connectivity index (χ4v) is 2.92. The first-order chi connectivity index (χ1) is 9.79. The second-order valence-electron chi connectivity index (χ2n) is 4.79. The van der Waals surface area contributed by atoms with Gasteiger partial charge in [0.15, 0.2) is 5.75 Å². The number of halogens is 1. The Morgan fingerprint density at radius 1 is 1.15 bits per heavy atom. The maximum Gasteiger partial charge on any atom is 0.151 e. The van der Waals surface area contributed by atoms with Crippen molar-refractivity contribution in [2.75, 3.05) is 13.2 Å². The van der Waals surface area contributed by atoms with E-state index in [2.05, 4.69) is 4.98 Å². The van der Waals surface area contributed by atoms with Gasteiger partial charge in [0.2, 0.25) is 0 Å². The van der Waals surface area contributed by atoms with Crippen LogP contribution < -0.4 is 4.74 Å². The van der Waals surface area contributed by atoms with Gasteiger partial charge in [0.1, 0.15) is 16.4 Å². The molecule has 2 aliphatic heterocycles. The topological polar surface area (TPSA) is 43.7 Å². The molecule has 1 aromatic carbocycles. The minimum absolute atomic E-state index is 0.423. The van der Waals surface area contributed by atoms with Crippen molar-refractivity contribution in [3.05, 3.63) is 52.8 Å². The third-order valence-electron chi connectivity index (χ3n) is 3.65. The third-order valence-corrected chi connectivity index (χ3v) is 3.85. The number of aliphatic imine (C=N–C) groups is 1. The Balaban J connectivity index is 2.03. The highest BCUT2D eigenvalue weighted by Crippen LogP contribution is 2.49. The molecular formula is C15H11ClN2O2. The summed E-state index contributed by atoms with van der Waals surface area (Å²) in [4.78, 5) is 8.82. The molecule has 1 aromatic heterocycles. The fraction of sp³-hybridized carbons (Fsp3) is 0.200. The molecule has 1 unspecified atom stereocenters. The summed E-state index contributed by atoms with van der Waals surface area (Å²) in [7, 11) is 0. The Morgan fingerprint density at radius 3 is 2.90 bits per heavy atom. The molecule has 0 saturated carbocycles. The molecular weight excluding hydrogens is 276 g/mol. The zero-order valence-corrected chi connectivity index (χ0v) is 11.3. The van der Waals surface area contributed by atoms with Crippen molar-refractivity contribution in [2.24, 2.45) is 4.99 Å². The molecule has 1 spiro atoms. The first-order valence-electron chi connectivity index (χ1n) is 6.34. The average Bonchev–Trinajstić information content (AvgIpc) is 2.50. The van der Waals surface area contributed by atoms with Crippen LogP contribution in [-0.4, -0.2) is 24.4 Å². The summed E-state index contributed by atoms with van der Waals surface area (Å²) in [5.74, 6) is 1.46. The van der Waals surface area contributed by atoms with Crippen LogP contribution in [-0.2, 0) is 10.3 Å². The minimum Gasteiger partial charge on any atom is -0.455 e. The molecule has 3 heterocycles. The summed E-state index contributed by atoms with van der Waals surface area (Å²) in [6, 6.07) is 9.66. The van der Waals surface area contributed by atoms with Gasteiger partial charge >= 0.3 is 0 Å². The van der Waals surface area contributed by atoms with Gasteiger partial charge in [0, 0.05) is 17.3 Å². The first-order valence-corrected chi connectivity index (χ1v) is 6.72. The Hall–Kier alpha value is -1.91. The van der Waals surface area contributed by atoms with Crippen molar-refractivity contribution in [1.29, 1.82) is 0 Å². The van der Waals surface area contributed by atoms with Crippen LogP contribution in [0, 0.1) is 0 Å². The molecule has 0 saturated heterocycles. The summed E-state index contributed by atoms with van der Waals surface area (Å²) >= 11 is 6.05. The molecule has 0 fully saturated rings. The smallest absolute Gasteiger partial charge is 0.151 e. The Morgan fingerprint density at radius 2 is 2.05 bits per heavy atom. The number of nitrogens with zero attached hydrogens (tertiary/aromatic N) is 2. The standard InChI is InChI=1S/C15H11ClN2O2/c16-14-7-11-13(8-17-14)20-12-4-2-1-3-10(12)15(11)9-19-6-5-18-15/h1-5,7-8H,6,9H2. The second kappa shape index (κ2) is 4.30. The Labute approximate surface area is 121 Å². The number of aromatic nitrogens is 1. The summed E-state index contributed by atoms with van der Waals surface area (Å²) in [6.07, 6.45) is 3.43. The lowest BCUT2D eigenvalue weighted by atomic mass is 9.81. The predicted octanol–water partition coefficient (Wildman–Crippen LogP) is 3.19. The van der Waals surface area contributed by atoms with Gasteiger partial charge in [0.25, 0.3) is 0 Å². The van der Waals surface area contributed by atoms with E-state index in [4.69, 9.17) is 26.1 Å². The first kappa shape index (κ1) is 11.9. The summed E-state index contributed by atoms with van der Waals surface area (Å²) in [5, 5.41) is 0.423. The van der Waals surface area contributed by atoms with Crippen molar-refractivity contribution >= 4 is 17.8 Å². The van der Waals surface area contributed by atoms with Gasteiger partial charge < -0.3 is 9.47 Å². The number of rotatable bonds is 0. The molecule has 2 aromatic rings. The van der Waals surface area contributed by atoms with E-state index in [-0.39, 0.29) is 0 Å². The molecule has 1 atom stereocenters. The summed E-state index contributed by atoms with van der Waals surface area (Å²) in [6.45, 7) is 0.996. The van der Waals surface area contributed by atoms with Crippen LogP contribution in [0.5, 0.6) is 11.5 Å². The van der Waals surface area contributed by atoms with Crippen molar-refractivity contribution in [3.8, 4) is 11.5 Å². The van der Waals surface area contributed by atoms with E-state index < -0.39 is 5.54 Å². The van der Waals surface area contributed by atoms with Crippen molar-refractivity contribution in [3.63, 3.8) is 0 Å². The Kier molecular flexibility index (Phi) is 2.55. The number of hydrogen-bond donors (Lipinski definition) is 0. The molecule has 0 amide bonds. The third kappa shape index (κ3) is 1.58. The van der Waals surface area contributed by atoms with E-state index in [1.54, 1.807) is 18.5 Å². The molecule has 100 valence electrons. The van der Waals surface area contributed by atoms with Gasteiger partial charge in [-0.25, -0.2) is 4.98 Å². The lowest BCUT2D eigenvalue weighted by Crippen LogP contribution is -2.37. The highest BCUT2D eigenvalue weighted by molar-refractivity contribution is 6.29. The summed E-state index contributed by atoms with van der Waals surface area (Å²) in [5.41, 5.74) is 1.30. The molecule has 4 nitrogen and oxygen atoms in total. The van der Waals surface area contributed by atoms with Gasteiger partial charge in [-0.1, -0.05) is 29.8 Å². The normalized spacial score (nSPS) is 23.1. The average molecular weight is 287 g/mol. The number of hydrogen-bond acceptors (Lipinski definition) is 4. The lowest BCUT2D eigenvalue weighted by molar-refractivity contribution is 0.114. The van der Waals surface area contributed by atoms with E-state index in [0.717, 1.165) is 16.9 Å². The molecule has 0 radical (unpaired) electrons. The van der Waals surface area contributed by atoms with E-state index in [1.807, 2.05) is 24.3 Å². The van der Waals surface area contributed by atoms with E-state index in [1.165, 1.54) is 0 Å². The second-order valence-corrected chi connectivity index (χ2v) is 5.18. The van der Waals surface area contributed by atoms with Crippen molar-refractivity contribution in [1.82, 2.24) is 4.98 Å². The molecule has 4 rings (SSSR count). The number of fused-ring (bicyclic) bond motifs is 4. The van der Waals surface area contributed by atoms with E-state index in [9.17, 15) is 0 Å². The molecule has 0 N–H and O–H groups in total. The molecule has 20 heavy (non-hydrogen) atoms. The predicted molar refractivity (Wildman–Crippen MR) is 75.9 cm³/mol. The van der Waals surface area contributed by atoms with Crippen molar-refractivity contribution < 1.29 is 9.47 Å². The molecule has 2 aliphatic rings. The van der Waals surface area contributed by atoms with E-state index in [0.29, 0.717) is 24.1 Å². The fourth-order valence-electron chi connectivity index (χ4n) is 2.77. The van der Waals surface area contributed by atoms with Crippen LogP contribution in [0.4, 0.5) is 0 Å². The largest absolute Gasteiger partial charge is 0.455 e. The maximum absolute atomic E-state index is 6.05. The SMILES string of the molecule is Clc1cc2c(cn1)Oc1ccccc1C21COCC=N1. The van der Waals surface area contributed by atoms with Gasteiger partial charge in [-0.15, -0.1) is 0 Å². The number of ether oxygens (including phenoxy) is 2. The van der Waals surface area contributed by atoms with Gasteiger partial charge in [-0.3, -0.25) is 4.99 Å². The van der Waals surface area contributed by atoms with E-state index >= 15 is 0 Å². The molecule has 5 heteroatoms. The van der Waals surface area contributed by atoms with Crippen LogP contribution in [0.1, 0.15) is 11.1 Å². The van der Waals surface area contributed by atoms with Gasteiger partial charge in [-0.2, -0.15) is 0 Å². The summed E-state index contributed by atoms with van der Waals surface area (Å²) < 4.78 is 11.6. The highest BCUT2D eigenvalue weighted by Gasteiger charge is 2.43. The zero-order valence-electron chi connectivity index (χ0n) is 10.5. The van der Waals surface area contributed by atoms with Crippen molar-refractivity contribution in [2.45, 2.75) is 5.54 Å². The maximum atomic E-state index is 6.05. The molecule has 0 bridgehead atoms. The van der Waals surface area contributed by atoms with Crippen LogP contribution in [0.25, 0.3) is 0 Å². The number of benzene rings is 1. The van der Waals surface area contributed by atoms with Gasteiger partial charge in [-0.05, 0) is 12.1 Å². The highest BCUT2D eigenvalue weighted by atomic mass is 35.5. The van der Waals surface area contributed by atoms with Crippen LogP contribution in [0.15, 0.2) is 41.5 Å². The van der Waals surface area contributed by atoms with Gasteiger partial charge in [0.05, 0.1) is 19.4 Å². The van der Waals surface area contributed by atoms with Crippen LogP contribution in [0.3, 0.4) is 0 Å². The Bertz CT molecular complexity index is 717. The lowest BCUT2D eigenvalue weighted by Gasteiger charge is -2.38. The molecule has 0 aliphatic carbocycles. The van der Waals surface area contributed by atoms with Crippen LogP contribution in [0.2, 0.25) is 5.15 Å². The van der Waals surface area contributed by atoms with Crippen LogP contribution >= 0.6 is 11.6 Å². The monoisotopic (exact) mass is 286 g/mol. The quantitative estimate of drug-likeness (QED) is 0.699. The number of pyridine rings is 1. The zero-order chi connectivity index (χ0) is 13.6. The number of para-hydroxylation sites is 1.